The number of anilines is 1. The molecule has 6 rings (SSSR count). The minimum absolute atomic E-state index is 0.643. The fraction of sp³-hybridized carbons (Fsp3) is 0. The van der Waals surface area contributed by atoms with Gasteiger partial charge in [-0.2, -0.15) is 5.10 Å². The van der Waals surface area contributed by atoms with Crippen molar-refractivity contribution in [3.8, 4) is 33.1 Å². The summed E-state index contributed by atoms with van der Waals surface area (Å²) >= 11 is 1.69. The number of aromatic amines is 2. The number of nitrogens with zero attached hydrogens (tertiary/aromatic N) is 3. The second kappa shape index (κ2) is 6.53. The van der Waals surface area contributed by atoms with Crippen LogP contribution in [0.25, 0.3) is 54.9 Å². The summed E-state index contributed by atoms with van der Waals surface area (Å²) in [4.78, 5) is 13.5. The summed E-state index contributed by atoms with van der Waals surface area (Å²) in [7, 11) is 0. The van der Waals surface area contributed by atoms with Gasteiger partial charge in [-0.05, 0) is 47.3 Å². The lowest BCUT2D eigenvalue weighted by Gasteiger charge is -2.03. The third-order valence-electron chi connectivity index (χ3n) is 5.21. The molecule has 0 bridgehead atoms. The van der Waals surface area contributed by atoms with Crippen molar-refractivity contribution in [1.29, 1.82) is 0 Å². The van der Waals surface area contributed by atoms with Gasteiger partial charge in [0.05, 0.1) is 27.5 Å². The molecule has 0 spiro atoms. The minimum Gasteiger partial charge on any atom is -0.397 e. The van der Waals surface area contributed by atoms with Gasteiger partial charge in [-0.25, -0.2) is 0 Å². The molecule has 30 heavy (non-hydrogen) atoms. The van der Waals surface area contributed by atoms with Crippen molar-refractivity contribution >= 4 is 38.8 Å². The molecule has 6 nitrogen and oxygen atoms in total. The fourth-order valence-electron chi connectivity index (χ4n) is 3.81. The van der Waals surface area contributed by atoms with Crippen molar-refractivity contribution in [3.63, 3.8) is 0 Å². The van der Waals surface area contributed by atoms with Crippen LogP contribution >= 0.6 is 11.3 Å². The predicted octanol–water partition coefficient (Wildman–Crippen LogP) is 5.48. The summed E-state index contributed by atoms with van der Waals surface area (Å²) < 4.78 is 0. The average Bonchev–Trinajstić information content (AvgIpc) is 3.51. The van der Waals surface area contributed by atoms with E-state index >= 15 is 0 Å². The number of thiophene rings is 1. The lowest BCUT2D eigenvalue weighted by Crippen LogP contribution is -1.87. The second-order valence-corrected chi connectivity index (χ2v) is 8.07. The molecule has 5 heterocycles. The Morgan fingerprint density at radius 3 is 2.67 bits per heavy atom. The van der Waals surface area contributed by atoms with Crippen molar-refractivity contribution < 1.29 is 0 Å². The number of nitrogens with two attached hydrogens (primary N) is 1. The van der Waals surface area contributed by atoms with Crippen LogP contribution in [0, 0.1) is 0 Å². The zero-order valence-electron chi connectivity index (χ0n) is 15.8. The number of pyridine rings is 2. The van der Waals surface area contributed by atoms with Gasteiger partial charge >= 0.3 is 0 Å². The maximum Gasteiger partial charge on any atom is 0.116 e. The monoisotopic (exact) mass is 408 g/mol. The number of hydrogen-bond acceptors (Lipinski definition) is 5. The largest absolute Gasteiger partial charge is 0.397 e. The number of aromatic nitrogens is 5. The van der Waals surface area contributed by atoms with Gasteiger partial charge in [0.15, 0.2) is 0 Å². The Morgan fingerprint density at radius 2 is 1.80 bits per heavy atom. The average molecular weight is 408 g/mol. The minimum atomic E-state index is 0.643. The third-order valence-corrected chi connectivity index (χ3v) is 6.09. The van der Waals surface area contributed by atoms with E-state index in [0.29, 0.717) is 5.69 Å². The first kappa shape index (κ1) is 16.9. The molecule has 0 unspecified atom stereocenters. The molecule has 0 aliphatic heterocycles. The Labute approximate surface area is 175 Å². The number of fused-ring (bicyclic) bond motifs is 2. The molecule has 0 fully saturated rings. The SMILES string of the molecule is Nc1cncc(-c2ccc3[nH]nc(-c4cc5c(-c6cccs6)nccc5[nH]4)c3c2)c1. The molecule has 1 aromatic carbocycles. The van der Waals surface area contributed by atoms with Crippen LogP contribution in [-0.4, -0.2) is 25.1 Å². The first-order valence-electron chi connectivity index (χ1n) is 9.47. The molecule has 0 saturated heterocycles. The highest BCUT2D eigenvalue weighted by atomic mass is 32.1. The molecule has 4 N–H and O–H groups in total. The van der Waals surface area contributed by atoms with E-state index in [2.05, 4.69) is 48.7 Å². The van der Waals surface area contributed by atoms with Crippen LogP contribution in [-0.2, 0) is 0 Å². The molecule has 6 aromatic rings. The fourth-order valence-corrected chi connectivity index (χ4v) is 4.54. The van der Waals surface area contributed by atoms with Gasteiger partial charge in [0.1, 0.15) is 5.69 Å². The number of hydrogen-bond donors (Lipinski definition) is 3. The smallest absolute Gasteiger partial charge is 0.116 e. The summed E-state index contributed by atoms with van der Waals surface area (Å²) in [5.74, 6) is 0. The second-order valence-electron chi connectivity index (χ2n) is 7.12. The van der Waals surface area contributed by atoms with Crippen LogP contribution in [0.4, 0.5) is 5.69 Å². The number of H-pyrrole nitrogens is 2. The molecule has 5 aromatic heterocycles. The van der Waals surface area contributed by atoms with Crippen LogP contribution in [0.2, 0.25) is 0 Å². The summed E-state index contributed by atoms with van der Waals surface area (Å²) in [5.41, 5.74) is 13.4. The molecule has 0 amide bonds. The lowest BCUT2D eigenvalue weighted by molar-refractivity contribution is 1.12. The quantitative estimate of drug-likeness (QED) is 0.361. The zero-order valence-corrected chi connectivity index (χ0v) is 16.6. The normalized spacial score (nSPS) is 11.5. The van der Waals surface area contributed by atoms with E-state index in [-0.39, 0.29) is 0 Å². The molecule has 144 valence electrons. The van der Waals surface area contributed by atoms with Crippen LogP contribution in [0.5, 0.6) is 0 Å². The number of nitrogen functional groups attached to an aromatic ring is 1. The van der Waals surface area contributed by atoms with Crippen LogP contribution in [0.1, 0.15) is 0 Å². The number of nitrogens with one attached hydrogen (secondary N) is 2. The Morgan fingerprint density at radius 1 is 0.867 bits per heavy atom. The standard InChI is InChI=1S/C23H16N6S/c24-15-8-14(11-25-12-15)13-3-4-19-16(9-13)22(29-28-19)20-10-17-18(27-20)5-6-26-23(17)21-2-1-7-30-21/h1-12,27H,24H2,(H,28,29). The summed E-state index contributed by atoms with van der Waals surface area (Å²) in [6.07, 6.45) is 5.30. The first-order chi connectivity index (χ1) is 14.8. The molecule has 0 radical (unpaired) electrons. The van der Waals surface area contributed by atoms with Crippen molar-refractivity contribution in [3.05, 3.63) is 72.5 Å². The summed E-state index contributed by atoms with van der Waals surface area (Å²) in [6.45, 7) is 0. The first-order valence-corrected chi connectivity index (χ1v) is 10.4. The Balaban J connectivity index is 1.52. The Kier molecular flexibility index (Phi) is 3.69. The van der Waals surface area contributed by atoms with Crippen LogP contribution < -0.4 is 5.73 Å². The van der Waals surface area contributed by atoms with E-state index in [1.54, 1.807) is 17.5 Å². The van der Waals surface area contributed by atoms with Gasteiger partial charge in [-0.1, -0.05) is 12.1 Å². The number of rotatable bonds is 3. The highest BCUT2D eigenvalue weighted by molar-refractivity contribution is 7.13. The van der Waals surface area contributed by atoms with E-state index < -0.39 is 0 Å². The van der Waals surface area contributed by atoms with Crippen molar-refractivity contribution in [2.75, 3.05) is 5.73 Å². The zero-order chi connectivity index (χ0) is 20.1. The van der Waals surface area contributed by atoms with E-state index in [4.69, 9.17) is 5.73 Å². The molecule has 0 atom stereocenters. The van der Waals surface area contributed by atoms with Gasteiger partial charge in [-0.15, -0.1) is 11.3 Å². The van der Waals surface area contributed by atoms with Gasteiger partial charge in [0.2, 0.25) is 0 Å². The highest BCUT2D eigenvalue weighted by Gasteiger charge is 2.15. The molecular weight excluding hydrogens is 392 g/mol. The molecule has 0 aliphatic rings. The van der Waals surface area contributed by atoms with Gasteiger partial charge < -0.3 is 10.7 Å². The molecular formula is C23H16N6S. The van der Waals surface area contributed by atoms with E-state index in [1.165, 1.54) is 0 Å². The lowest BCUT2D eigenvalue weighted by atomic mass is 10.0. The summed E-state index contributed by atoms with van der Waals surface area (Å²) in [5, 5.41) is 11.9. The topological polar surface area (TPSA) is 96.3 Å². The molecule has 0 aliphatic carbocycles. The van der Waals surface area contributed by atoms with Gasteiger partial charge in [0.25, 0.3) is 0 Å². The predicted molar refractivity (Wildman–Crippen MR) is 122 cm³/mol. The van der Waals surface area contributed by atoms with Gasteiger partial charge in [0, 0.05) is 40.4 Å². The van der Waals surface area contributed by atoms with Gasteiger partial charge in [-0.3, -0.25) is 15.1 Å². The van der Waals surface area contributed by atoms with E-state index in [1.807, 2.05) is 42.7 Å². The maximum absolute atomic E-state index is 5.92. The maximum atomic E-state index is 5.92. The van der Waals surface area contributed by atoms with Crippen LogP contribution in [0.3, 0.4) is 0 Å². The molecule has 7 heteroatoms. The Hall–Kier alpha value is -3.97. The number of benzene rings is 1. The highest BCUT2D eigenvalue weighted by Crippen LogP contribution is 2.35. The van der Waals surface area contributed by atoms with Crippen LogP contribution in [0.15, 0.2) is 72.5 Å². The summed E-state index contributed by atoms with van der Waals surface area (Å²) in [6, 6.07) is 16.4. The van der Waals surface area contributed by atoms with Crippen molar-refractivity contribution in [2.45, 2.75) is 0 Å². The van der Waals surface area contributed by atoms with E-state index in [0.717, 1.165) is 54.9 Å². The van der Waals surface area contributed by atoms with Crippen molar-refractivity contribution in [2.24, 2.45) is 0 Å². The molecule has 0 saturated carbocycles. The Bertz CT molecular complexity index is 1510. The van der Waals surface area contributed by atoms with Crippen molar-refractivity contribution in [1.82, 2.24) is 25.1 Å². The third kappa shape index (κ3) is 2.67. The van der Waals surface area contributed by atoms with E-state index in [9.17, 15) is 0 Å².